The summed E-state index contributed by atoms with van der Waals surface area (Å²) < 4.78 is 74.5. The van der Waals surface area contributed by atoms with Crippen LogP contribution in [0.25, 0.3) is 0 Å². The number of alkyl halides is 3. The van der Waals surface area contributed by atoms with Crippen LogP contribution in [0.4, 0.5) is 18.9 Å². The molecule has 5 N–H and O–H groups in total. The van der Waals surface area contributed by atoms with Gasteiger partial charge in [0.25, 0.3) is 5.69 Å². The number of nitrogens with two attached hydrogens (primary N) is 2. The number of rotatable bonds is 14. The predicted molar refractivity (Wildman–Crippen MR) is 132 cm³/mol. The van der Waals surface area contributed by atoms with Gasteiger partial charge < -0.3 is 25.8 Å². The summed E-state index contributed by atoms with van der Waals surface area (Å²) >= 11 is 0. The molecular weight excluding hydrogens is 567 g/mol. The second kappa shape index (κ2) is 14.1. The number of hydrogen-bond acceptors (Lipinski definition) is 10. The summed E-state index contributed by atoms with van der Waals surface area (Å²) in [6.07, 6.45) is -5.65. The van der Waals surface area contributed by atoms with Crippen molar-refractivity contribution in [2.45, 2.75) is 30.8 Å². The quantitative estimate of drug-likeness (QED) is 0.0540. The molecule has 2 aromatic rings. The molecule has 40 heavy (non-hydrogen) atoms. The number of nitrogens with zero attached hydrogens (tertiary/aromatic N) is 2. The fourth-order valence-corrected chi connectivity index (χ4v) is 4.41. The number of nitrogens with one attached hydrogen (secondary N) is 1. The van der Waals surface area contributed by atoms with E-state index in [0.717, 1.165) is 12.1 Å². The molecule has 0 saturated heterocycles. The molecule has 0 radical (unpaired) electrons. The lowest BCUT2D eigenvalue weighted by molar-refractivity contribution is -0.385. The molecule has 2 rings (SSSR count). The van der Waals surface area contributed by atoms with Crippen molar-refractivity contribution < 1.29 is 50.4 Å². The molecule has 1 atom stereocenters. The zero-order valence-electron chi connectivity index (χ0n) is 20.5. The maximum absolute atomic E-state index is 12.7. The van der Waals surface area contributed by atoms with E-state index in [-0.39, 0.29) is 30.3 Å². The first-order valence-corrected chi connectivity index (χ1v) is 12.8. The largest absolute Gasteiger partial charge is 0.493 e. The second-order valence-corrected chi connectivity index (χ2v) is 9.67. The minimum atomic E-state index is -5.52. The molecule has 0 unspecified atom stereocenters. The van der Waals surface area contributed by atoms with Gasteiger partial charge in [0, 0.05) is 18.1 Å². The maximum Gasteiger partial charge on any atom is 0.491 e. The average molecular weight is 592 g/mol. The Morgan fingerprint density at radius 3 is 2.33 bits per heavy atom. The van der Waals surface area contributed by atoms with Crippen LogP contribution >= 0.6 is 0 Å². The average Bonchev–Trinajstić information content (AvgIpc) is 2.85. The normalized spacial score (nSPS) is 12.2. The number of nitro groups is 1. The Hall–Kier alpha value is -4.45. The number of para-hydroxylation sites is 1. The van der Waals surface area contributed by atoms with E-state index in [9.17, 15) is 41.3 Å². The van der Waals surface area contributed by atoms with Gasteiger partial charge in [0.15, 0.2) is 0 Å². The van der Waals surface area contributed by atoms with E-state index in [4.69, 9.17) is 21.0 Å². The summed E-state index contributed by atoms with van der Waals surface area (Å²) in [6, 6.07) is 8.54. The second-order valence-electron chi connectivity index (χ2n) is 7.92. The SMILES string of the molecule is NC(N)=NOCCCOc1ccc(C[C@H](NS(=O)(=O)Cc2ccccc2[N+](=O)[O-])C(=O)OC(=O)C(F)(F)F)cc1. The molecule has 0 aliphatic rings. The highest BCUT2D eigenvalue weighted by Crippen LogP contribution is 2.21. The Morgan fingerprint density at radius 1 is 1.07 bits per heavy atom. The van der Waals surface area contributed by atoms with Crippen molar-refractivity contribution in [3.63, 3.8) is 0 Å². The van der Waals surface area contributed by atoms with Gasteiger partial charge in [-0.25, -0.2) is 22.7 Å². The Bertz CT molecular complexity index is 1330. The fourth-order valence-electron chi connectivity index (χ4n) is 3.06. The molecular formula is C22H24F3N5O9S. The van der Waals surface area contributed by atoms with Crippen molar-refractivity contribution in [3.8, 4) is 5.75 Å². The summed E-state index contributed by atoms with van der Waals surface area (Å²) in [7, 11) is -4.57. The molecule has 0 spiro atoms. The van der Waals surface area contributed by atoms with Crippen LogP contribution in [-0.4, -0.2) is 56.7 Å². The number of guanidine groups is 1. The Labute approximate surface area is 225 Å². The summed E-state index contributed by atoms with van der Waals surface area (Å²) in [5, 5.41) is 14.5. The van der Waals surface area contributed by atoms with Crippen molar-refractivity contribution in [3.05, 3.63) is 69.8 Å². The summed E-state index contributed by atoms with van der Waals surface area (Å²) in [6.45, 7) is 0.349. The molecule has 0 bridgehead atoms. The Morgan fingerprint density at radius 2 is 1.73 bits per heavy atom. The Balaban J connectivity index is 2.15. The van der Waals surface area contributed by atoms with Gasteiger partial charge in [-0.05, 0) is 29.3 Å². The number of ether oxygens (including phenoxy) is 2. The number of carbonyl (C=O) groups excluding carboxylic acids is 2. The maximum atomic E-state index is 12.7. The number of oxime groups is 1. The first-order valence-electron chi connectivity index (χ1n) is 11.2. The highest BCUT2D eigenvalue weighted by atomic mass is 32.2. The monoisotopic (exact) mass is 591 g/mol. The van der Waals surface area contributed by atoms with Gasteiger partial charge in [0.05, 0.1) is 17.3 Å². The first-order chi connectivity index (χ1) is 18.7. The minimum absolute atomic E-state index is 0.155. The van der Waals surface area contributed by atoms with Gasteiger partial charge in [-0.2, -0.15) is 13.2 Å². The molecule has 0 saturated carbocycles. The van der Waals surface area contributed by atoms with Gasteiger partial charge in [0.1, 0.15) is 18.4 Å². The van der Waals surface area contributed by atoms with Gasteiger partial charge in [-0.15, -0.1) is 0 Å². The molecule has 0 amide bonds. The number of hydrogen-bond donors (Lipinski definition) is 3. The van der Waals surface area contributed by atoms with Crippen LogP contribution in [-0.2, 0) is 41.4 Å². The van der Waals surface area contributed by atoms with E-state index < -0.39 is 57.0 Å². The van der Waals surface area contributed by atoms with Crippen LogP contribution in [0.5, 0.6) is 5.75 Å². The molecule has 14 nitrogen and oxygen atoms in total. The van der Waals surface area contributed by atoms with Gasteiger partial charge >= 0.3 is 18.1 Å². The van der Waals surface area contributed by atoms with E-state index in [0.29, 0.717) is 12.2 Å². The predicted octanol–water partition coefficient (Wildman–Crippen LogP) is 1.23. The third kappa shape index (κ3) is 10.7. The van der Waals surface area contributed by atoms with Crippen LogP contribution in [0.2, 0.25) is 0 Å². The van der Waals surface area contributed by atoms with Crippen LogP contribution in [0.15, 0.2) is 53.7 Å². The minimum Gasteiger partial charge on any atom is -0.493 e. The number of nitro benzene ring substituents is 1. The molecule has 0 aliphatic heterocycles. The summed E-state index contributed by atoms with van der Waals surface area (Å²) in [4.78, 5) is 38.8. The van der Waals surface area contributed by atoms with Gasteiger partial charge in [-0.1, -0.05) is 30.3 Å². The van der Waals surface area contributed by atoms with Gasteiger partial charge in [-0.3, -0.25) is 10.1 Å². The zero-order chi connectivity index (χ0) is 29.9. The van der Waals surface area contributed by atoms with E-state index in [1.807, 2.05) is 4.72 Å². The molecule has 0 aliphatic carbocycles. The smallest absolute Gasteiger partial charge is 0.491 e. The van der Waals surface area contributed by atoms with Crippen LogP contribution in [0.3, 0.4) is 0 Å². The summed E-state index contributed by atoms with van der Waals surface area (Å²) in [5.74, 6) is -5.54. The van der Waals surface area contributed by atoms with Crippen LogP contribution in [0, 0.1) is 10.1 Å². The van der Waals surface area contributed by atoms with Crippen molar-refractivity contribution in [1.29, 1.82) is 0 Å². The molecule has 0 aromatic heterocycles. The number of sulfonamides is 1. The molecule has 0 fully saturated rings. The van der Waals surface area contributed by atoms with Crippen molar-refractivity contribution >= 4 is 33.6 Å². The molecule has 0 heterocycles. The highest BCUT2D eigenvalue weighted by molar-refractivity contribution is 7.88. The third-order valence-corrected chi connectivity index (χ3v) is 6.08. The van der Waals surface area contributed by atoms with E-state index in [2.05, 4.69) is 9.89 Å². The van der Waals surface area contributed by atoms with E-state index in [1.54, 1.807) is 0 Å². The highest BCUT2D eigenvalue weighted by Gasteiger charge is 2.43. The lowest BCUT2D eigenvalue weighted by Gasteiger charge is -2.18. The fraction of sp³-hybridized carbons (Fsp3) is 0.318. The van der Waals surface area contributed by atoms with E-state index in [1.165, 1.54) is 36.4 Å². The zero-order valence-corrected chi connectivity index (χ0v) is 21.3. The number of halogens is 3. The number of carbonyl (C=O) groups is 2. The molecule has 2 aromatic carbocycles. The van der Waals surface area contributed by atoms with Gasteiger partial charge in [0.2, 0.25) is 16.0 Å². The van der Waals surface area contributed by atoms with Crippen LogP contribution < -0.4 is 20.9 Å². The number of esters is 2. The van der Waals surface area contributed by atoms with E-state index >= 15 is 0 Å². The van der Waals surface area contributed by atoms with Crippen LogP contribution in [0.1, 0.15) is 17.5 Å². The third-order valence-electron chi connectivity index (χ3n) is 4.75. The summed E-state index contributed by atoms with van der Waals surface area (Å²) in [5.41, 5.74) is 9.69. The van der Waals surface area contributed by atoms with Crippen molar-refractivity contribution in [1.82, 2.24) is 4.72 Å². The topological polar surface area (TPSA) is 216 Å². The Kier molecular flexibility index (Phi) is 11.2. The number of benzene rings is 2. The lowest BCUT2D eigenvalue weighted by atomic mass is 10.1. The molecule has 18 heteroatoms. The van der Waals surface area contributed by atoms with Crippen molar-refractivity contribution in [2.24, 2.45) is 16.6 Å². The molecule has 218 valence electrons. The van der Waals surface area contributed by atoms with Crippen molar-refractivity contribution in [2.75, 3.05) is 13.2 Å². The first kappa shape index (κ1) is 31.8. The lowest BCUT2D eigenvalue weighted by Crippen LogP contribution is -2.45. The standard InChI is InChI=1S/C22H24F3N5O9S/c23-22(24,25)20(32)39-19(31)17(29-40(35,36)13-15-4-1-2-5-18(15)30(33)34)12-14-6-8-16(9-7-14)37-10-3-11-38-28-21(26)27/h1-2,4-9,17,29H,3,10-13H2,(H4,26,27,28)/t17-/m0/s1.